The van der Waals surface area contributed by atoms with Crippen LogP contribution >= 0.6 is 0 Å². The van der Waals surface area contributed by atoms with E-state index in [4.69, 9.17) is 4.74 Å². The van der Waals surface area contributed by atoms with E-state index >= 15 is 0 Å². The van der Waals surface area contributed by atoms with Crippen molar-refractivity contribution >= 4 is 11.8 Å². The summed E-state index contributed by atoms with van der Waals surface area (Å²) in [5.74, 6) is 0.0577. The van der Waals surface area contributed by atoms with Gasteiger partial charge >= 0.3 is 0 Å². The van der Waals surface area contributed by atoms with Crippen molar-refractivity contribution in [2.24, 2.45) is 0 Å². The number of carbonyl (C=O) groups is 2. The topological polar surface area (TPSA) is 82.7 Å². The monoisotopic (exact) mass is 383 g/mol. The third-order valence-corrected chi connectivity index (χ3v) is 5.03. The van der Waals surface area contributed by atoms with E-state index in [1.165, 1.54) is 4.90 Å². The van der Waals surface area contributed by atoms with Gasteiger partial charge in [-0.1, -0.05) is 0 Å². The molecule has 2 heterocycles. The molecule has 0 spiro atoms. The molecule has 0 fully saturated rings. The fourth-order valence-corrected chi connectivity index (χ4v) is 3.49. The van der Waals surface area contributed by atoms with Crippen molar-refractivity contribution < 1.29 is 14.3 Å². The minimum atomic E-state index is -0.238. The Morgan fingerprint density at radius 1 is 1.21 bits per heavy atom. The van der Waals surface area contributed by atoms with E-state index < -0.39 is 0 Å². The Kier molecular flexibility index (Phi) is 5.27. The molecule has 0 aliphatic carbocycles. The molecule has 0 atom stereocenters. The summed E-state index contributed by atoms with van der Waals surface area (Å²) >= 11 is 0. The zero-order chi connectivity index (χ0) is 20.6. The molecule has 0 unspecified atom stereocenters. The van der Waals surface area contributed by atoms with Crippen LogP contribution in [0.2, 0.25) is 0 Å². The summed E-state index contributed by atoms with van der Waals surface area (Å²) in [6.45, 7) is 6.31. The molecular weight excluding hydrogens is 358 g/mol. The van der Waals surface area contributed by atoms with Crippen LogP contribution in [0.15, 0.2) is 23.0 Å². The summed E-state index contributed by atoms with van der Waals surface area (Å²) < 4.78 is 5.77. The molecule has 0 bridgehead atoms. The highest BCUT2D eigenvalue weighted by molar-refractivity contribution is 6.04. The van der Waals surface area contributed by atoms with Gasteiger partial charge in [0.15, 0.2) is 0 Å². The molecule has 28 heavy (non-hydrogen) atoms. The molecule has 2 aromatic rings. The standard InChI is InChI=1S/C21H25N3O4/c1-12-10-13(2)22-19(25)16(12)11-24-8-9-28-17-7-6-15(20(26)23(4)5)14(3)18(17)21(24)27/h6-7,10H,8-9,11H2,1-5H3,(H,22,25). The number of ether oxygens (including phenoxy) is 1. The highest BCUT2D eigenvalue weighted by atomic mass is 16.5. The van der Waals surface area contributed by atoms with E-state index in [0.29, 0.717) is 41.2 Å². The Hall–Kier alpha value is -3.09. The number of hydrogen-bond donors (Lipinski definition) is 1. The quantitative estimate of drug-likeness (QED) is 0.879. The van der Waals surface area contributed by atoms with Gasteiger partial charge in [0.05, 0.1) is 18.7 Å². The lowest BCUT2D eigenvalue weighted by molar-refractivity contribution is 0.0741. The van der Waals surface area contributed by atoms with E-state index in [9.17, 15) is 14.4 Å². The number of aromatic nitrogens is 1. The molecule has 1 aliphatic heterocycles. The van der Waals surface area contributed by atoms with Crippen molar-refractivity contribution in [3.8, 4) is 5.75 Å². The van der Waals surface area contributed by atoms with Gasteiger partial charge in [-0.05, 0) is 50.1 Å². The fraction of sp³-hybridized carbons (Fsp3) is 0.381. The molecule has 148 valence electrons. The fourth-order valence-electron chi connectivity index (χ4n) is 3.49. The first-order valence-electron chi connectivity index (χ1n) is 9.17. The van der Waals surface area contributed by atoms with Crippen LogP contribution in [-0.4, -0.2) is 53.8 Å². The van der Waals surface area contributed by atoms with E-state index in [1.807, 2.05) is 19.9 Å². The van der Waals surface area contributed by atoms with Crippen LogP contribution in [0.5, 0.6) is 5.75 Å². The Morgan fingerprint density at radius 2 is 1.93 bits per heavy atom. The number of aromatic amines is 1. The summed E-state index contributed by atoms with van der Waals surface area (Å²) in [6, 6.07) is 5.25. The molecule has 2 amide bonds. The Balaban J connectivity index is 2.02. The van der Waals surface area contributed by atoms with Crippen molar-refractivity contribution in [1.29, 1.82) is 0 Å². The van der Waals surface area contributed by atoms with Crippen LogP contribution in [-0.2, 0) is 6.54 Å². The van der Waals surface area contributed by atoms with Crippen molar-refractivity contribution in [2.45, 2.75) is 27.3 Å². The van der Waals surface area contributed by atoms with Crippen LogP contribution in [0.25, 0.3) is 0 Å². The maximum absolute atomic E-state index is 13.3. The van der Waals surface area contributed by atoms with Crippen LogP contribution < -0.4 is 10.3 Å². The van der Waals surface area contributed by atoms with Gasteiger partial charge in [-0.3, -0.25) is 14.4 Å². The third kappa shape index (κ3) is 3.52. The van der Waals surface area contributed by atoms with Gasteiger partial charge in [0, 0.05) is 30.9 Å². The average molecular weight is 383 g/mol. The van der Waals surface area contributed by atoms with Gasteiger partial charge in [0.1, 0.15) is 12.4 Å². The third-order valence-electron chi connectivity index (χ3n) is 5.03. The minimum Gasteiger partial charge on any atom is -0.491 e. The van der Waals surface area contributed by atoms with Crippen molar-refractivity contribution in [3.05, 3.63) is 62.1 Å². The number of nitrogens with one attached hydrogen (secondary N) is 1. The molecule has 0 radical (unpaired) electrons. The van der Waals surface area contributed by atoms with Gasteiger partial charge in [0.2, 0.25) is 0 Å². The van der Waals surface area contributed by atoms with Gasteiger partial charge < -0.3 is 19.5 Å². The van der Waals surface area contributed by atoms with Gasteiger partial charge in [-0.2, -0.15) is 0 Å². The number of rotatable bonds is 3. The maximum Gasteiger partial charge on any atom is 0.258 e. The molecule has 3 rings (SSSR count). The zero-order valence-electron chi connectivity index (χ0n) is 16.9. The number of amides is 2. The summed E-state index contributed by atoms with van der Waals surface area (Å²) in [4.78, 5) is 44.0. The molecule has 1 aromatic carbocycles. The number of nitrogens with zero attached hydrogens (tertiary/aromatic N) is 2. The SMILES string of the molecule is Cc1cc(C)c(CN2CCOc3ccc(C(=O)N(C)C)c(C)c3C2=O)c(=O)[nH]1. The lowest BCUT2D eigenvalue weighted by Gasteiger charge is -2.22. The summed E-state index contributed by atoms with van der Waals surface area (Å²) in [5, 5.41) is 0. The predicted molar refractivity (Wildman–Crippen MR) is 106 cm³/mol. The first-order chi connectivity index (χ1) is 13.2. The number of aryl methyl sites for hydroxylation is 2. The molecule has 1 aliphatic rings. The van der Waals surface area contributed by atoms with Gasteiger partial charge in [-0.15, -0.1) is 0 Å². The second kappa shape index (κ2) is 7.50. The first-order valence-corrected chi connectivity index (χ1v) is 9.17. The highest BCUT2D eigenvalue weighted by Gasteiger charge is 2.29. The number of fused-ring (bicyclic) bond motifs is 1. The minimum absolute atomic E-state index is 0.172. The summed E-state index contributed by atoms with van der Waals surface area (Å²) in [7, 11) is 3.34. The Labute approximate surface area is 163 Å². The zero-order valence-corrected chi connectivity index (χ0v) is 16.9. The van der Waals surface area contributed by atoms with Crippen LogP contribution in [0.3, 0.4) is 0 Å². The lowest BCUT2D eigenvalue weighted by Crippen LogP contribution is -2.35. The number of H-pyrrole nitrogens is 1. The van der Waals surface area contributed by atoms with E-state index in [1.54, 1.807) is 38.1 Å². The number of carbonyl (C=O) groups excluding carboxylic acids is 2. The van der Waals surface area contributed by atoms with Crippen LogP contribution in [0, 0.1) is 20.8 Å². The van der Waals surface area contributed by atoms with Gasteiger partial charge in [0.25, 0.3) is 17.4 Å². The molecular formula is C21H25N3O4. The normalized spacial score (nSPS) is 13.6. The smallest absolute Gasteiger partial charge is 0.258 e. The highest BCUT2D eigenvalue weighted by Crippen LogP contribution is 2.29. The lowest BCUT2D eigenvalue weighted by atomic mass is 9.99. The average Bonchev–Trinajstić information content (AvgIpc) is 2.77. The maximum atomic E-state index is 13.3. The number of benzene rings is 1. The molecule has 0 saturated heterocycles. The second-order valence-corrected chi connectivity index (χ2v) is 7.33. The molecule has 7 heteroatoms. The van der Waals surface area contributed by atoms with Crippen LogP contribution in [0.4, 0.5) is 0 Å². The van der Waals surface area contributed by atoms with Crippen molar-refractivity contribution in [3.63, 3.8) is 0 Å². The van der Waals surface area contributed by atoms with Crippen molar-refractivity contribution in [2.75, 3.05) is 27.2 Å². The van der Waals surface area contributed by atoms with Crippen molar-refractivity contribution in [1.82, 2.24) is 14.8 Å². The molecule has 1 N–H and O–H groups in total. The van der Waals surface area contributed by atoms with E-state index in [0.717, 1.165) is 11.3 Å². The first kappa shape index (κ1) is 19.7. The number of pyridine rings is 1. The van der Waals surface area contributed by atoms with E-state index in [-0.39, 0.29) is 23.9 Å². The Morgan fingerprint density at radius 3 is 2.57 bits per heavy atom. The predicted octanol–water partition coefficient (Wildman–Crippen LogP) is 2.04. The second-order valence-electron chi connectivity index (χ2n) is 7.33. The number of hydrogen-bond acceptors (Lipinski definition) is 4. The molecule has 7 nitrogen and oxygen atoms in total. The Bertz CT molecular complexity index is 1010. The largest absolute Gasteiger partial charge is 0.491 e. The molecule has 0 saturated carbocycles. The van der Waals surface area contributed by atoms with Gasteiger partial charge in [-0.25, -0.2) is 0 Å². The summed E-state index contributed by atoms with van der Waals surface area (Å²) in [6.07, 6.45) is 0. The summed E-state index contributed by atoms with van der Waals surface area (Å²) in [5.41, 5.74) is 3.42. The van der Waals surface area contributed by atoms with Crippen LogP contribution in [0.1, 0.15) is 43.1 Å². The van der Waals surface area contributed by atoms with E-state index in [2.05, 4.69) is 4.98 Å². The molecule has 1 aromatic heterocycles.